The molecule has 0 saturated carbocycles. The lowest BCUT2D eigenvalue weighted by Crippen LogP contribution is -2.41. The quantitative estimate of drug-likeness (QED) is 0.347. The van der Waals surface area contributed by atoms with Gasteiger partial charge in [-0.15, -0.1) is 0 Å². The van der Waals surface area contributed by atoms with Crippen LogP contribution in [0.5, 0.6) is 11.5 Å². The average Bonchev–Trinajstić information content (AvgIpc) is 2.91. The van der Waals surface area contributed by atoms with Gasteiger partial charge in [-0.3, -0.25) is 4.79 Å². The van der Waals surface area contributed by atoms with Crippen LogP contribution in [0.25, 0.3) is 6.08 Å². The Morgan fingerprint density at radius 2 is 1.81 bits per heavy atom. The Balaban J connectivity index is 1.83. The minimum atomic E-state index is 0.0554. The molecule has 0 N–H and O–H groups in total. The van der Waals surface area contributed by atoms with Crippen LogP contribution in [0.1, 0.15) is 67.9 Å². The van der Waals surface area contributed by atoms with Gasteiger partial charge in [0.15, 0.2) is 11.5 Å². The second-order valence-corrected chi connectivity index (χ2v) is 9.95. The Hall–Kier alpha value is -2.79. The summed E-state index contributed by atoms with van der Waals surface area (Å²) in [4.78, 5) is 18.6. The maximum atomic E-state index is 13.9. The highest BCUT2D eigenvalue weighted by Crippen LogP contribution is 2.34. The first-order valence-corrected chi connectivity index (χ1v) is 13.5. The van der Waals surface area contributed by atoms with E-state index in [-0.39, 0.29) is 5.91 Å². The number of likely N-dealkylation sites (tertiary alicyclic amines) is 1. The minimum Gasteiger partial charge on any atom is -0.493 e. The van der Waals surface area contributed by atoms with Crippen molar-refractivity contribution in [3.63, 3.8) is 0 Å². The second-order valence-electron chi connectivity index (χ2n) is 9.95. The minimum absolute atomic E-state index is 0.0554. The van der Waals surface area contributed by atoms with Crippen LogP contribution in [-0.4, -0.2) is 62.7 Å². The Morgan fingerprint density at radius 1 is 1.08 bits per heavy atom. The summed E-state index contributed by atoms with van der Waals surface area (Å²) in [6, 6.07) is 14.1. The molecule has 2 aromatic carbocycles. The number of piperidine rings is 1. The monoisotopic (exact) mass is 492 g/mol. The van der Waals surface area contributed by atoms with Gasteiger partial charge in [-0.1, -0.05) is 62.2 Å². The number of unbranched alkanes of at least 4 members (excludes halogenated alkanes) is 1. The molecule has 0 radical (unpaired) electrons. The molecule has 0 spiro atoms. The van der Waals surface area contributed by atoms with E-state index in [1.54, 1.807) is 14.2 Å². The Kier molecular flexibility index (Phi) is 10.9. The van der Waals surface area contributed by atoms with Crippen molar-refractivity contribution in [2.75, 3.05) is 46.9 Å². The van der Waals surface area contributed by atoms with Crippen LogP contribution in [0.15, 0.2) is 48.0 Å². The number of carbonyl (C=O) groups is 1. The van der Waals surface area contributed by atoms with Gasteiger partial charge >= 0.3 is 0 Å². The normalized spacial score (nSPS) is 15.1. The molecule has 1 amide bonds. The molecule has 196 valence electrons. The van der Waals surface area contributed by atoms with E-state index >= 15 is 0 Å². The molecule has 0 unspecified atom stereocenters. The molecular weight excluding hydrogens is 448 g/mol. The summed E-state index contributed by atoms with van der Waals surface area (Å²) >= 11 is 0. The average molecular weight is 493 g/mol. The zero-order valence-electron chi connectivity index (χ0n) is 22.9. The number of nitrogens with zero attached hydrogens (tertiary/aromatic N) is 2. The van der Waals surface area contributed by atoms with Gasteiger partial charge in [0.05, 0.1) is 14.2 Å². The Bertz CT molecular complexity index is 969. The first-order valence-electron chi connectivity index (χ1n) is 13.5. The summed E-state index contributed by atoms with van der Waals surface area (Å²) < 4.78 is 11.2. The molecule has 5 nitrogen and oxygen atoms in total. The summed E-state index contributed by atoms with van der Waals surface area (Å²) in [5.41, 5.74) is 3.98. The molecule has 1 heterocycles. The fourth-order valence-electron chi connectivity index (χ4n) is 5.10. The number of ether oxygens (including phenoxy) is 2. The van der Waals surface area contributed by atoms with Crippen LogP contribution in [0.3, 0.4) is 0 Å². The number of rotatable bonds is 12. The zero-order valence-corrected chi connectivity index (χ0v) is 22.9. The van der Waals surface area contributed by atoms with Crippen LogP contribution in [-0.2, 0) is 6.42 Å². The standard InChI is InChI=1S/C31H44N2O3/c1-6-8-16-32-17-14-26(15-18-32)23-33(22-24(3)19-25-12-10-9-11-13-25)31(34)28-20-27(7-2)30(36-5)29(21-28)35-4/h9-13,19-21,26H,6-8,14-18,22-23H2,1-5H3/b24-19+. The van der Waals surface area contributed by atoms with Gasteiger partial charge in [0.1, 0.15) is 0 Å². The van der Waals surface area contributed by atoms with E-state index < -0.39 is 0 Å². The van der Waals surface area contributed by atoms with Crippen molar-refractivity contribution in [3.8, 4) is 11.5 Å². The second kappa shape index (κ2) is 14.1. The topological polar surface area (TPSA) is 42.0 Å². The molecule has 36 heavy (non-hydrogen) atoms. The van der Waals surface area contributed by atoms with Gasteiger partial charge in [-0.05, 0) is 81.4 Å². The fraction of sp³-hybridized carbons (Fsp3) is 0.516. The summed E-state index contributed by atoms with van der Waals surface area (Å²) in [5, 5.41) is 0. The van der Waals surface area contributed by atoms with E-state index in [0.717, 1.165) is 50.0 Å². The first kappa shape index (κ1) is 27.8. The van der Waals surface area contributed by atoms with E-state index in [0.29, 0.717) is 29.5 Å². The highest BCUT2D eigenvalue weighted by atomic mass is 16.5. The SMILES string of the molecule is CCCCN1CCC(CN(C/C(C)=C/c2ccccc2)C(=O)c2cc(CC)c(OC)c(OC)c2)CC1. The first-order chi connectivity index (χ1) is 17.5. The Morgan fingerprint density at radius 3 is 2.42 bits per heavy atom. The highest BCUT2D eigenvalue weighted by Gasteiger charge is 2.26. The number of benzene rings is 2. The predicted molar refractivity (Wildman–Crippen MR) is 149 cm³/mol. The molecule has 1 fully saturated rings. The van der Waals surface area contributed by atoms with E-state index in [9.17, 15) is 4.79 Å². The van der Waals surface area contributed by atoms with Crippen LogP contribution in [0.2, 0.25) is 0 Å². The molecule has 2 aromatic rings. The number of hydrogen-bond donors (Lipinski definition) is 0. The van der Waals surface area contributed by atoms with Gasteiger partial charge in [0.25, 0.3) is 5.91 Å². The third-order valence-corrected chi connectivity index (χ3v) is 7.14. The molecular formula is C31H44N2O3. The van der Waals surface area contributed by atoms with Crippen molar-refractivity contribution in [2.24, 2.45) is 5.92 Å². The van der Waals surface area contributed by atoms with E-state index in [1.165, 1.54) is 25.0 Å². The van der Waals surface area contributed by atoms with Gasteiger partial charge < -0.3 is 19.3 Å². The largest absolute Gasteiger partial charge is 0.493 e. The molecule has 3 rings (SSSR count). The van der Waals surface area contributed by atoms with Crippen LogP contribution in [0, 0.1) is 5.92 Å². The number of amides is 1. The molecule has 0 aliphatic carbocycles. The van der Waals surface area contributed by atoms with Crippen molar-refractivity contribution >= 4 is 12.0 Å². The summed E-state index contributed by atoms with van der Waals surface area (Å²) in [5.74, 6) is 1.89. The summed E-state index contributed by atoms with van der Waals surface area (Å²) in [6.45, 7) is 11.3. The summed E-state index contributed by atoms with van der Waals surface area (Å²) in [6.07, 6.45) is 7.73. The van der Waals surface area contributed by atoms with Crippen LogP contribution >= 0.6 is 0 Å². The predicted octanol–water partition coefficient (Wildman–Crippen LogP) is 6.32. The maximum Gasteiger partial charge on any atom is 0.254 e. The molecule has 1 aliphatic heterocycles. The van der Waals surface area contributed by atoms with E-state index in [2.05, 4.69) is 43.9 Å². The van der Waals surface area contributed by atoms with Crippen molar-refractivity contribution < 1.29 is 14.3 Å². The maximum absolute atomic E-state index is 13.9. The van der Waals surface area contributed by atoms with E-state index in [4.69, 9.17) is 9.47 Å². The Labute approximate surface area is 218 Å². The van der Waals surface area contributed by atoms with Gasteiger partial charge in [0, 0.05) is 18.7 Å². The van der Waals surface area contributed by atoms with Gasteiger partial charge in [0.2, 0.25) is 0 Å². The smallest absolute Gasteiger partial charge is 0.254 e. The third-order valence-electron chi connectivity index (χ3n) is 7.14. The fourth-order valence-corrected chi connectivity index (χ4v) is 5.10. The third kappa shape index (κ3) is 7.60. The van der Waals surface area contributed by atoms with Gasteiger partial charge in [-0.2, -0.15) is 0 Å². The van der Waals surface area contributed by atoms with Gasteiger partial charge in [-0.25, -0.2) is 0 Å². The van der Waals surface area contributed by atoms with Crippen LogP contribution < -0.4 is 9.47 Å². The molecule has 0 atom stereocenters. The summed E-state index contributed by atoms with van der Waals surface area (Å²) in [7, 11) is 3.28. The zero-order chi connectivity index (χ0) is 25.9. The van der Waals surface area contributed by atoms with Crippen molar-refractivity contribution in [1.82, 2.24) is 9.80 Å². The lowest BCUT2D eigenvalue weighted by Gasteiger charge is -2.35. The van der Waals surface area contributed by atoms with Crippen LogP contribution in [0.4, 0.5) is 0 Å². The number of methoxy groups -OCH3 is 2. The molecule has 0 aromatic heterocycles. The van der Waals surface area contributed by atoms with E-state index in [1.807, 2.05) is 35.2 Å². The lowest BCUT2D eigenvalue weighted by molar-refractivity contribution is 0.0707. The number of aryl methyl sites for hydroxylation is 1. The number of hydrogen-bond acceptors (Lipinski definition) is 4. The molecule has 1 aliphatic rings. The highest BCUT2D eigenvalue weighted by molar-refractivity contribution is 5.95. The van der Waals surface area contributed by atoms with Crippen molar-refractivity contribution in [1.29, 1.82) is 0 Å². The van der Waals surface area contributed by atoms with Crippen molar-refractivity contribution in [2.45, 2.75) is 52.9 Å². The molecule has 0 bridgehead atoms. The molecule has 1 saturated heterocycles. The molecule has 5 heteroatoms. The van der Waals surface area contributed by atoms with Crippen molar-refractivity contribution in [3.05, 3.63) is 64.7 Å². The number of carbonyl (C=O) groups excluding carboxylic acids is 1. The lowest BCUT2D eigenvalue weighted by atomic mass is 9.95.